The van der Waals surface area contributed by atoms with E-state index in [9.17, 15) is 19.2 Å². The molecule has 0 saturated carbocycles. The molecule has 3 amide bonds. The summed E-state index contributed by atoms with van der Waals surface area (Å²) in [5.41, 5.74) is 3.83. The molecule has 2 aromatic rings. The van der Waals surface area contributed by atoms with Crippen LogP contribution in [0.2, 0.25) is 0 Å². The number of alkyl carbamates (subject to hydrolysis) is 1. The van der Waals surface area contributed by atoms with Crippen LogP contribution in [0.4, 0.5) is 4.79 Å². The predicted molar refractivity (Wildman–Crippen MR) is 160 cm³/mol. The number of nitrogens with zero attached hydrogens (tertiary/aromatic N) is 2. The van der Waals surface area contributed by atoms with Gasteiger partial charge in [-0.05, 0) is 82.5 Å². The summed E-state index contributed by atoms with van der Waals surface area (Å²) in [6, 6.07) is 5.17. The first kappa shape index (κ1) is 32.5. The van der Waals surface area contributed by atoms with Crippen LogP contribution in [0.15, 0.2) is 37.0 Å². The van der Waals surface area contributed by atoms with Crippen molar-refractivity contribution in [1.82, 2.24) is 26.1 Å². The van der Waals surface area contributed by atoms with Crippen molar-refractivity contribution in [3.63, 3.8) is 0 Å². The van der Waals surface area contributed by atoms with Crippen LogP contribution in [0, 0.1) is 5.92 Å². The lowest BCUT2D eigenvalue weighted by Gasteiger charge is -2.35. The summed E-state index contributed by atoms with van der Waals surface area (Å²) >= 11 is 0. The lowest BCUT2D eigenvalue weighted by Crippen LogP contribution is -2.61. The Balaban J connectivity index is 1.58. The average Bonchev–Trinajstić information content (AvgIpc) is 2.93. The van der Waals surface area contributed by atoms with Crippen LogP contribution in [-0.2, 0) is 23.9 Å². The highest BCUT2D eigenvalue weighted by Crippen LogP contribution is 2.24. The summed E-state index contributed by atoms with van der Waals surface area (Å²) in [6.45, 7) is 16.2. The maximum absolute atomic E-state index is 13.2. The van der Waals surface area contributed by atoms with Gasteiger partial charge in [0.15, 0.2) is 0 Å². The number of amides is 3. The number of hydrazine groups is 1. The number of pyridine rings is 1. The summed E-state index contributed by atoms with van der Waals surface area (Å²) in [6.07, 6.45) is 3.29. The number of hydrogen-bond acceptors (Lipinski definition) is 8. The first-order chi connectivity index (χ1) is 19.7. The molecular formula is C31H43N5O6. The van der Waals surface area contributed by atoms with Gasteiger partial charge >= 0.3 is 12.1 Å². The third-order valence-electron chi connectivity index (χ3n) is 6.83. The van der Waals surface area contributed by atoms with Gasteiger partial charge in [0.2, 0.25) is 5.91 Å². The molecule has 228 valence electrons. The molecule has 0 unspecified atom stereocenters. The standard InChI is InChI=1S/C31H43N5O6/c1-9-24-16-23-15-21(12-13-22(23)17-32-24)20(5)41-29(39)25-11-10-14-36(35-25)28(38)19(4)33-27(37)26(18(2)3)34-30(40)42-31(6,7)8/h9,12-13,15-20,25-26,35H,1,10-11,14H2,2-8H3,(H,33,37)(H,34,40)/t19-,20+,25-,26-/m0/s1. The van der Waals surface area contributed by atoms with Gasteiger partial charge in [0.1, 0.15) is 29.8 Å². The highest BCUT2D eigenvalue weighted by Gasteiger charge is 2.34. The van der Waals surface area contributed by atoms with Crippen LogP contribution < -0.4 is 16.1 Å². The first-order valence-corrected chi connectivity index (χ1v) is 14.3. The highest BCUT2D eigenvalue weighted by atomic mass is 16.6. The average molecular weight is 582 g/mol. The Morgan fingerprint density at radius 3 is 2.45 bits per heavy atom. The maximum Gasteiger partial charge on any atom is 0.408 e. The van der Waals surface area contributed by atoms with E-state index in [2.05, 4.69) is 27.6 Å². The summed E-state index contributed by atoms with van der Waals surface area (Å²) in [4.78, 5) is 55.8. The zero-order chi connectivity index (χ0) is 31.2. The first-order valence-electron chi connectivity index (χ1n) is 14.3. The minimum Gasteiger partial charge on any atom is -0.457 e. The fourth-order valence-corrected chi connectivity index (χ4v) is 4.55. The van der Waals surface area contributed by atoms with Crippen LogP contribution in [0.25, 0.3) is 16.8 Å². The summed E-state index contributed by atoms with van der Waals surface area (Å²) in [5, 5.41) is 8.54. The van der Waals surface area contributed by atoms with Crippen LogP contribution in [0.1, 0.15) is 78.7 Å². The lowest BCUT2D eigenvalue weighted by molar-refractivity contribution is -0.157. The molecule has 1 aliphatic heterocycles. The van der Waals surface area contributed by atoms with E-state index in [4.69, 9.17) is 9.47 Å². The van der Waals surface area contributed by atoms with Gasteiger partial charge in [-0.3, -0.25) is 24.4 Å². The van der Waals surface area contributed by atoms with Gasteiger partial charge in [-0.15, -0.1) is 0 Å². The number of esters is 1. The largest absolute Gasteiger partial charge is 0.457 e. The molecule has 1 aromatic carbocycles. The quantitative estimate of drug-likeness (QED) is 0.377. The topological polar surface area (TPSA) is 139 Å². The number of aromatic nitrogens is 1. The monoisotopic (exact) mass is 581 g/mol. The van der Waals surface area contributed by atoms with E-state index in [1.165, 1.54) is 5.01 Å². The Kier molecular flexibility index (Phi) is 10.7. The molecule has 1 fully saturated rings. The van der Waals surface area contributed by atoms with Crippen molar-refractivity contribution in [3.8, 4) is 0 Å². The van der Waals surface area contributed by atoms with E-state index in [0.29, 0.717) is 19.4 Å². The second-order valence-corrected chi connectivity index (χ2v) is 11.9. The molecule has 1 aliphatic rings. The van der Waals surface area contributed by atoms with Crippen LogP contribution in [0.3, 0.4) is 0 Å². The Morgan fingerprint density at radius 2 is 1.81 bits per heavy atom. The minimum atomic E-state index is -0.909. The van der Waals surface area contributed by atoms with Gasteiger partial charge in [0.05, 0.1) is 5.69 Å². The molecule has 4 atom stereocenters. The zero-order valence-electron chi connectivity index (χ0n) is 25.5. The Hall–Kier alpha value is -3.99. The number of hydrogen-bond donors (Lipinski definition) is 3. The normalized spacial score (nSPS) is 17.6. The molecule has 0 aliphatic carbocycles. The molecule has 0 bridgehead atoms. The van der Waals surface area contributed by atoms with E-state index in [0.717, 1.165) is 22.0 Å². The van der Waals surface area contributed by atoms with Crippen LogP contribution in [0.5, 0.6) is 0 Å². The van der Waals surface area contributed by atoms with Gasteiger partial charge in [-0.2, -0.15) is 0 Å². The number of carbonyl (C=O) groups is 4. The van der Waals surface area contributed by atoms with E-state index in [1.54, 1.807) is 60.7 Å². The molecule has 3 rings (SSSR count). The smallest absolute Gasteiger partial charge is 0.408 e. The molecular weight excluding hydrogens is 538 g/mol. The maximum atomic E-state index is 13.2. The molecule has 1 aromatic heterocycles. The fraction of sp³-hybridized carbons (Fsp3) is 0.516. The molecule has 1 saturated heterocycles. The van der Waals surface area contributed by atoms with Crippen molar-refractivity contribution in [2.45, 2.75) is 91.1 Å². The SMILES string of the molecule is C=Cc1cc2cc([C@@H](C)OC(=O)[C@@H]3CCCN(C(=O)[C@H](C)NC(=O)[C@@H](NC(=O)OC(C)(C)C)C(C)C)N3)ccc2cn1. The number of nitrogens with one attached hydrogen (secondary N) is 3. The number of fused-ring (bicyclic) bond motifs is 1. The van der Waals surface area contributed by atoms with Gasteiger partial charge < -0.3 is 20.1 Å². The van der Waals surface area contributed by atoms with Crippen molar-refractivity contribution in [2.75, 3.05) is 6.54 Å². The summed E-state index contributed by atoms with van der Waals surface area (Å²) < 4.78 is 11.0. The van der Waals surface area contributed by atoms with E-state index in [1.807, 2.05) is 24.3 Å². The predicted octanol–water partition coefficient (Wildman–Crippen LogP) is 4.03. The van der Waals surface area contributed by atoms with Gasteiger partial charge in [0, 0.05) is 18.1 Å². The van der Waals surface area contributed by atoms with Crippen molar-refractivity contribution in [1.29, 1.82) is 0 Å². The molecule has 2 heterocycles. The molecule has 3 N–H and O–H groups in total. The van der Waals surface area contributed by atoms with Crippen molar-refractivity contribution < 1.29 is 28.7 Å². The third-order valence-corrected chi connectivity index (χ3v) is 6.83. The van der Waals surface area contributed by atoms with Crippen LogP contribution >= 0.6 is 0 Å². The zero-order valence-corrected chi connectivity index (χ0v) is 25.5. The minimum absolute atomic E-state index is 0.252. The van der Waals surface area contributed by atoms with Crippen molar-refractivity contribution in [3.05, 3.63) is 48.3 Å². The summed E-state index contributed by atoms with van der Waals surface area (Å²) in [5.74, 6) is -1.64. The van der Waals surface area contributed by atoms with Gasteiger partial charge in [0.25, 0.3) is 5.91 Å². The number of benzene rings is 1. The summed E-state index contributed by atoms with van der Waals surface area (Å²) in [7, 11) is 0. The second-order valence-electron chi connectivity index (χ2n) is 11.9. The molecule has 11 nitrogen and oxygen atoms in total. The third kappa shape index (κ3) is 8.75. The lowest BCUT2D eigenvalue weighted by atomic mass is 10.0. The molecule has 0 spiro atoms. The number of rotatable bonds is 9. The molecule has 0 radical (unpaired) electrons. The van der Waals surface area contributed by atoms with Gasteiger partial charge in [-0.25, -0.2) is 10.2 Å². The van der Waals surface area contributed by atoms with Gasteiger partial charge in [-0.1, -0.05) is 32.6 Å². The Labute approximate surface area is 247 Å². The molecule has 11 heteroatoms. The van der Waals surface area contributed by atoms with E-state index in [-0.39, 0.29) is 5.92 Å². The second kappa shape index (κ2) is 13.8. The van der Waals surface area contributed by atoms with Crippen LogP contribution in [-0.4, -0.2) is 64.1 Å². The molecule has 42 heavy (non-hydrogen) atoms. The number of ether oxygens (including phenoxy) is 2. The van der Waals surface area contributed by atoms with E-state index < -0.39 is 53.7 Å². The Bertz CT molecular complexity index is 1320. The van der Waals surface area contributed by atoms with Crippen molar-refractivity contribution in [2.24, 2.45) is 5.92 Å². The fourth-order valence-electron chi connectivity index (χ4n) is 4.55. The Morgan fingerprint density at radius 1 is 1.10 bits per heavy atom. The van der Waals surface area contributed by atoms with Crippen molar-refractivity contribution >= 4 is 40.7 Å². The van der Waals surface area contributed by atoms with E-state index >= 15 is 0 Å². The highest BCUT2D eigenvalue weighted by molar-refractivity contribution is 5.91. The number of carbonyl (C=O) groups excluding carboxylic acids is 4.